The van der Waals surface area contributed by atoms with Gasteiger partial charge >= 0.3 is 5.97 Å². The number of carboxylic acids is 1. The summed E-state index contributed by atoms with van der Waals surface area (Å²) in [7, 11) is 0. The summed E-state index contributed by atoms with van der Waals surface area (Å²) in [5, 5.41) is 12.3. The Morgan fingerprint density at radius 1 is 1.05 bits per heavy atom. The molecule has 0 spiro atoms. The number of carboxylic acid groups (broad SMARTS) is 1. The number of aliphatic carboxylic acids is 1. The van der Waals surface area contributed by atoms with E-state index in [2.05, 4.69) is 5.32 Å². The molecule has 3 rings (SSSR count). The maximum Gasteiger partial charge on any atom is 0.323 e. The Morgan fingerprint density at radius 2 is 1.55 bits per heavy atom. The second kappa shape index (κ2) is 5.07. The van der Waals surface area contributed by atoms with Crippen molar-refractivity contribution in [3.63, 3.8) is 0 Å². The number of nitrogens with one attached hydrogen (secondary N) is 1. The van der Waals surface area contributed by atoms with E-state index in [4.69, 9.17) is 4.74 Å². The minimum atomic E-state index is -0.904. The zero-order chi connectivity index (χ0) is 14.0. The summed E-state index contributed by atoms with van der Waals surface area (Å²) >= 11 is 0. The van der Waals surface area contributed by atoms with Crippen LogP contribution in [0.5, 0.6) is 0 Å². The molecule has 1 aliphatic rings. The van der Waals surface area contributed by atoms with Crippen LogP contribution in [0.25, 0.3) is 0 Å². The maximum absolute atomic E-state index is 11.2. The van der Waals surface area contributed by atoms with Crippen LogP contribution in [0.4, 0.5) is 0 Å². The highest BCUT2D eigenvalue weighted by atomic mass is 16.5. The van der Waals surface area contributed by atoms with Crippen molar-refractivity contribution in [1.29, 1.82) is 0 Å². The number of benzene rings is 2. The minimum Gasteiger partial charge on any atom is -0.480 e. The van der Waals surface area contributed by atoms with Gasteiger partial charge in [0.05, 0.1) is 6.61 Å². The summed E-state index contributed by atoms with van der Waals surface area (Å²) in [6.45, 7) is 0.138. The molecular formula is C16H15NO3. The second-order valence-corrected chi connectivity index (χ2v) is 4.76. The summed E-state index contributed by atoms with van der Waals surface area (Å²) < 4.78 is 5.89. The standard InChI is InChI=1S/C16H15NO3/c18-15(19)14-11-20-16(17-14,12-7-3-1-4-8-12)13-9-5-2-6-10-13/h1-10,14,17H,11H2,(H,18,19). The van der Waals surface area contributed by atoms with E-state index >= 15 is 0 Å². The number of hydrogen-bond acceptors (Lipinski definition) is 3. The highest BCUT2D eigenvalue weighted by molar-refractivity contribution is 5.74. The highest BCUT2D eigenvalue weighted by Crippen LogP contribution is 2.35. The van der Waals surface area contributed by atoms with Crippen molar-refractivity contribution in [1.82, 2.24) is 5.32 Å². The van der Waals surface area contributed by atoms with Gasteiger partial charge in [0, 0.05) is 11.1 Å². The minimum absolute atomic E-state index is 0.138. The molecule has 0 amide bonds. The van der Waals surface area contributed by atoms with Crippen LogP contribution in [-0.2, 0) is 15.3 Å². The van der Waals surface area contributed by atoms with E-state index in [1.807, 2.05) is 60.7 Å². The smallest absolute Gasteiger partial charge is 0.323 e. The van der Waals surface area contributed by atoms with Crippen LogP contribution >= 0.6 is 0 Å². The van der Waals surface area contributed by atoms with Crippen molar-refractivity contribution in [2.45, 2.75) is 11.8 Å². The molecule has 0 aliphatic carbocycles. The third-order valence-corrected chi connectivity index (χ3v) is 3.50. The summed E-state index contributed by atoms with van der Waals surface area (Å²) in [5.41, 5.74) is 0.899. The molecule has 4 nitrogen and oxygen atoms in total. The fraction of sp³-hybridized carbons (Fsp3) is 0.188. The average molecular weight is 269 g/mol. The Morgan fingerprint density at radius 3 is 1.95 bits per heavy atom. The zero-order valence-corrected chi connectivity index (χ0v) is 10.8. The van der Waals surface area contributed by atoms with Gasteiger partial charge in [0.15, 0.2) is 5.72 Å². The Balaban J connectivity index is 2.08. The third kappa shape index (κ3) is 2.09. The third-order valence-electron chi connectivity index (χ3n) is 3.50. The number of carbonyl (C=O) groups is 1. The molecule has 102 valence electrons. The molecular weight excluding hydrogens is 254 g/mol. The molecule has 1 aliphatic heterocycles. The van der Waals surface area contributed by atoms with Crippen molar-refractivity contribution in [2.75, 3.05) is 6.61 Å². The lowest BCUT2D eigenvalue weighted by Crippen LogP contribution is -2.45. The van der Waals surface area contributed by atoms with Gasteiger partial charge in [-0.2, -0.15) is 0 Å². The van der Waals surface area contributed by atoms with Gasteiger partial charge in [0.25, 0.3) is 0 Å². The lowest BCUT2D eigenvalue weighted by atomic mass is 9.94. The largest absolute Gasteiger partial charge is 0.480 e. The SMILES string of the molecule is O=C(O)C1COC(c2ccccc2)(c2ccccc2)N1. The Bertz CT molecular complexity index is 558. The van der Waals surface area contributed by atoms with Crippen LogP contribution in [0.2, 0.25) is 0 Å². The van der Waals surface area contributed by atoms with E-state index in [1.54, 1.807) is 0 Å². The van der Waals surface area contributed by atoms with E-state index in [-0.39, 0.29) is 6.61 Å². The summed E-state index contributed by atoms with van der Waals surface area (Å²) in [6, 6.07) is 18.5. The van der Waals surface area contributed by atoms with Crippen LogP contribution < -0.4 is 5.32 Å². The molecule has 1 unspecified atom stereocenters. The van der Waals surface area contributed by atoms with E-state index in [1.165, 1.54) is 0 Å². The van der Waals surface area contributed by atoms with Crippen LogP contribution in [0.1, 0.15) is 11.1 Å². The summed E-state index contributed by atoms with van der Waals surface area (Å²) in [6.07, 6.45) is 0. The van der Waals surface area contributed by atoms with Crippen LogP contribution in [0, 0.1) is 0 Å². The quantitative estimate of drug-likeness (QED) is 0.894. The van der Waals surface area contributed by atoms with Gasteiger partial charge in [-0.25, -0.2) is 0 Å². The van der Waals surface area contributed by atoms with E-state index < -0.39 is 17.7 Å². The van der Waals surface area contributed by atoms with Gasteiger partial charge in [-0.1, -0.05) is 60.7 Å². The summed E-state index contributed by atoms with van der Waals surface area (Å²) in [4.78, 5) is 11.2. The van der Waals surface area contributed by atoms with Crippen molar-refractivity contribution >= 4 is 5.97 Å². The van der Waals surface area contributed by atoms with E-state index in [9.17, 15) is 9.90 Å². The predicted molar refractivity (Wildman–Crippen MR) is 74.2 cm³/mol. The molecule has 0 aromatic heterocycles. The maximum atomic E-state index is 11.2. The topological polar surface area (TPSA) is 58.6 Å². The molecule has 0 saturated carbocycles. The molecule has 1 fully saturated rings. The number of hydrogen-bond donors (Lipinski definition) is 2. The second-order valence-electron chi connectivity index (χ2n) is 4.76. The fourth-order valence-electron chi connectivity index (χ4n) is 2.52. The highest BCUT2D eigenvalue weighted by Gasteiger charge is 2.45. The lowest BCUT2D eigenvalue weighted by molar-refractivity contribution is -0.139. The molecule has 20 heavy (non-hydrogen) atoms. The average Bonchev–Trinajstić information content (AvgIpc) is 2.96. The van der Waals surface area contributed by atoms with Crippen LogP contribution in [0.15, 0.2) is 60.7 Å². The predicted octanol–water partition coefficient (Wildman–Crippen LogP) is 1.96. The van der Waals surface area contributed by atoms with Gasteiger partial charge in [0.1, 0.15) is 6.04 Å². The van der Waals surface area contributed by atoms with E-state index in [0.717, 1.165) is 11.1 Å². The normalized spacial score (nSPS) is 20.7. The van der Waals surface area contributed by atoms with Crippen LogP contribution in [-0.4, -0.2) is 23.7 Å². The molecule has 2 N–H and O–H groups in total. The molecule has 1 saturated heterocycles. The van der Waals surface area contributed by atoms with Crippen molar-refractivity contribution in [3.05, 3.63) is 71.8 Å². The first kappa shape index (κ1) is 12.8. The molecule has 2 aromatic carbocycles. The molecule has 0 radical (unpaired) electrons. The fourth-order valence-corrected chi connectivity index (χ4v) is 2.52. The monoisotopic (exact) mass is 269 g/mol. The van der Waals surface area contributed by atoms with Crippen molar-refractivity contribution in [3.8, 4) is 0 Å². The first-order valence-electron chi connectivity index (χ1n) is 6.48. The van der Waals surface area contributed by atoms with Gasteiger partial charge in [-0.3, -0.25) is 10.1 Å². The molecule has 1 atom stereocenters. The Kier molecular flexibility index (Phi) is 3.26. The van der Waals surface area contributed by atoms with Gasteiger partial charge in [-0.15, -0.1) is 0 Å². The van der Waals surface area contributed by atoms with E-state index in [0.29, 0.717) is 0 Å². The van der Waals surface area contributed by atoms with Gasteiger partial charge in [0.2, 0.25) is 0 Å². The molecule has 4 heteroatoms. The van der Waals surface area contributed by atoms with Crippen molar-refractivity contribution in [2.24, 2.45) is 0 Å². The number of rotatable bonds is 3. The molecule has 2 aromatic rings. The zero-order valence-electron chi connectivity index (χ0n) is 10.8. The van der Waals surface area contributed by atoms with Gasteiger partial charge < -0.3 is 9.84 Å². The Hall–Kier alpha value is -2.17. The summed E-state index contributed by atoms with van der Waals surface area (Å²) in [5.74, 6) is -0.904. The first-order valence-corrected chi connectivity index (χ1v) is 6.48. The Labute approximate surface area is 117 Å². The molecule has 1 heterocycles. The molecule has 0 bridgehead atoms. The lowest BCUT2D eigenvalue weighted by Gasteiger charge is -2.30. The van der Waals surface area contributed by atoms with Gasteiger partial charge in [-0.05, 0) is 0 Å². The first-order chi connectivity index (χ1) is 9.72. The van der Waals surface area contributed by atoms with Crippen molar-refractivity contribution < 1.29 is 14.6 Å². The van der Waals surface area contributed by atoms with Crippen LogP contribution in [0.3, 0.4) is 0 Å². The number of ether oxygens (including phenoxy) is 1.